The Hall–Kier alpha value is -0.280. The van der Waals surface area contributed by atoms with Gasteiger partial charge in [-0.05, 0) is 56.6 Å². The smallest absolute Gasteiger partial charge is 0.0408 e. The summed E-state index contributed by atoms with van der Waals surface area (Å²) in [5.74, 6) is 0.551. The minimum absolute atomic E-state index is 0. The number of nitrogens with one attached hydrogen (secondary N) is 1. The predicted octanol–water partition coefficient (Wildman–Crippen LogP) is 3.55. The van der Waals surface area contributed by atoms with Gasteiger partial charge in [-0.15, -0.1) is 12.4 Å². The van der Waals surface area contributed by atoms with Crippen LogP contribution in [0.1, 0.15) is 31.2 Å². The summed E-state index contributed by atoms with van der Waals surface area (Å²) >= 11 is 6.05. The van der Waals surface area contributed by atoms with E-state index in [1.165, 1.54) is 31.5 Å². The van der Waals surface area contributed by atoms with E-state index in [1.807, 2.05) is 12.1 Å². The molecule has 0 saturated carbocycles. The summed E-state index contributed by atoms with van der Waals surface area (Å²) in [5.41, 5.74) is 1.35. The molecule has 1 saturated heterocycles. The number of piperidine rings is 1. The number of rotatable bonds is 4. The van der Waals surface area contributed by atoms with Crippen molar-refractivity contribution in [2.24, 2.45) is 0 Å². The molecule has 2 nitrogen and oxygen atoms in total. The van der Waals surface area contributed by atoms with Crippen LogP contribution in [0.5, 0.6) is 0 Å². The van der Waals surface area contributed by atoms with Crippen LogP contribution in [-0.2, 0) is 0 Å². The van der Waals surface area contributed by atoms with Gasteiger partial charge in [0.1, 0.15) is 0 Å². The van der Waals surface area contributed by atoms with Crippen molar-refractivity contribution in [1.82, 2.24) is 10.2 Å². The minimum atomic E-state index is 0. The molecule has 1 aliphatic rings. The van der Waals surface area contributed by atoms with E-state index in [2.05, 4.69) is 36.3 Å². The van der Waals surface area contributed by atoms with Crippen LogP contribution in [0.25, 0.3) is 0 Å². The Balaban J connectivity index is 0.00000180. The number of halogens is 2. The molecule has 1 N–H and O–H groups in total. The summed E-state index contributed by atoms with van der Waals surface area (Å²) < 4.78 is 0. The summed E-state index contributed by atoms with van der Waals surface area (Å²) in [6.07, 6.45) is 2.53. The molecular weight excluding hydrogens is 279 g/mol. The molecule has 1 fully saturated rings. The van der Waals surface area contributed by atoms with Gasteiger partial charge in [-0.25, -0.2) is 0 Å². The van der Waals surface area contributed by atoms with E-state index in [-0.39, 0.29) is 12.4 Å². The molecule has 1 unspecified atom stereocenters. The Morgan fingerprint density at radius 1 is 1.37 bits per heavy atom. The van der Waals surface area contributed by atoms with Gasteiger partial charge in [0, 0.05) is 17.6 Å². The van der Waals surface area contributed by atoms with Gasteiger partial charge in [0.2, 0.25) is 0 Å². The van der Waals surface area contributed by atoms with Gasteiger partial charge in [-0.1, -0.05) is 30.7 Å². The van der Waals surface area contributed by atoms with E-state index in [0.29, 0.717) is 12.0 Å². The zero-order valence-electron chi connectivity index (χ0n) is 11.7. The van der Waals surface area contributed by atoms with Gasteiger partial charge >= 0.3 is 0 Å². The first-order valence-corrected chi connectivity index (χ1v) is 7.22. The van der Waals surface area contributed by atoms with E-state index in [1.54, 1.807) is 0 Å². The zero-order chi connectivity index (χ0) is 13.0. The SMILES string of the molecule is CNC1CCN(CC(C)c2cccc(Cl)c2)CC1.Cl. The van der Waals surface area contributed by atoms with Gasteiger partial charge in [0.05, 0.1) is 0 Å². The average Bonchev–Trinajstić information content (AvgIpc) is 2.39. The second kappa shape index (κ2) is 8.11. The van der Waals surface area contributed by atoms with Crippen molar-refractivity contribution in [3.05, 3.63) is 34.9 Å². The van der Waals surface area contributed by atoms with E-state index in [0.717, 1.165) is 11.6 Å². The lowest BCUT2D eigenvalue weighted by Crippen LogP contribution is -2.42. The summed E-state index contributed by atoms with van der Waals surface area (Å²) in [4.78, 5) is 2.57. The van der Waals surface area contributed by atoms with Crippen molar-refractivity contribution in [3.8, 4) is 0 Å². The molecule has 0 spiro atoms. The molecule has 1 aromatic carbocycles. The standard InChI is InChI=1S/C15H23ClN2.ClH/c1-12(13-4-3-5-14(16)10-13)11-18-8-6-15(17-2)7-9-18;/h3-5,10,12,15,17H,6-9,11H2,1-2H3;1H. The van der Waals surface area contributed by atoms with Crippen LogP contribution in [0.15, 0.2) is 24.3 Å². The molecule has 1 aliphatic heterocycles. The second-order valence-electron chi connectivity index (χ2n) is 5.32. The van der Waals surface area contributed by atoms with E-state index < -0.39 is 0 Å². The van der Waals surface area contributed by atoms with Gasteiger partial charge in [0.15, 0.2) is 0 Å². The molecule has 0 bridgehead atoms. The molecule has 0 amide bonds. The fourth-order valence-corrected chi connectivity index (χ4v) is 2.91. The summed E-state index contributed by atoms with van der Waals surface area (Å²) in [5, 5.41) is 4.21. The summed E-state index contributed by atoms with van der Waals surface area (Å²) in [6.45, 7) is 5.83. The third-order valence-corrected chi connectivity index (χ3v) is 4.18. The predicted molar refractivity (Wildman–Crippen MR) is 85.6 cm³/mol. The van der Waals surface area contributed by atoms with Gasteiger partial charge in [-0.3, -0.25) is 0 Å². The van der Waals surface area contributed by atoms with E-state index >= 15 is 0 Å². The van der Waals surface area contributed by atoms with Crippen molar-refractivity contribution < 1.29 is 0 Å². The summed E-state index contributed by atoms with van der Waals surface area (Å²) in [6, 6.07) is 8.96. The van der Waals surface area contributed by atoms with Crippen LogP contribution in [0.3, 0.4) is 0 Å². The molecule has 19 heavy (non-hydrogen) atoms. The topological polar surface area (TPSA) is 15.3 Å². The molecule has 108 valence electrons. The quantitative estimate of drug-likeness (QED) is 0.915. The molecule has 0 aromatic heterocycles. The molecule has 2 rings (SSSR count). The first-order valence-electron chi connectivity index (χ1n) is 6.84. The van der Waals surface area contributed by atoms with Gasteiger partial charge in [-0.2, -0.15) is 0 Å². The largest absolute Gasteiger partial charge is 0.317 e. The van der Waals surface area contributed by atoms with Crippen LogP contribution in [0.4, 0.5) is 0 Å². The third kappa shape index (κ3) is 4.96. The number of nitrogens with zero attached hydrogens (tertiary/aromatic N) is 1. The van der Waals surface area contributed by atoms with Crippen LogP contribution in [0.2, 0.25) is 5.02 Å². The maximum atomic E-state index is 6.05. The average molecular weight is 303 g/mol. The molecule has 1 heterocycles. The Bertz CT molecular complexity index is 376. The number of hydrogen-bond acceptors (Lipinski definition) is 2. The Labute approximate surface area is 127 Å². The summed E-state index contributed by atoms with van der Waals surface area (Å²) in [7, 11) is 2.06. The van der Waals surface area contributed by atoms with Crippen molar-refractivity contribution in [2.75, 3.05) is 26.7 Å². The van der Waals surface area contributed by atoms with Crippen LogP contribution in [0, 0.1) is 0 Å². The lowest BCUT2D eigenvalue weighted by Gasteiger charge is -2.33. The highest BCUT2D eigenvalue weighted by atomic mass is 35.5. The molecule has 1 atom stereocenters. The van der Waals surface area contributed by atoms with Crippen LogP contribution >= 0.6 is 24.0 Å². The Morgan fingerprint density at radius 2 is 2.05 bits per heavy atom. The fraction of sp³-hybridized carbons (Fsp3) is 0.600. The zero-order valence-corrected chi connectivity index (χ0v) is 13.3. The molecular formula is C15H24Cl2N2. The van der Waals surface area contributed by atoms with Crippen LogP contribution < -0.4 is 5.32 Å². The minimum Gasteiger partial charge on any atom is -0.317 e. The lowest BCUT2D eigenvalue weighted by atomic mass is 9.98. The lowest BCUT2D eigenvalue weighted by molar-refractivity contribution is 0.194. The van der Waals surface area contributed by atoms with Crippen LogP contribution in [-0.4, -0.2) is 37.6 Å². The second-order valence-corrected chi connectivity index (χ2v) is 5.76. The van der Waals surface area contributed by atoms with Gasteiger partial charge in [0.25, 0.3) is 0 Å². The molecule has 0 aliphatic carbocycles. The van der Waals surface area contributed by atoms with Gasteiger partial charge < -0.3 is 10.2 Å². The Kier molecular flexibility index (Phi) is 7.16. The highest BCUT2D eigenvalue weighted by Gasteiger charge is 2.19. The highest BCUT2D eigenvalue weighted by molar-refractivity contribution is 6.30. The molecule has 1 aromatic rings. The normalized spacial score (nSPS) is 18.9. The number of benzene rings is 1. The van der Waals surface area contributed by atoms with E-state index in [4.69, 9.17) is 11.6 Å². The van der Waals surface area contributed by atoms with Crippen molar-refractivity contribution in [2.45, 2.75) is 31.7 Å². The number of hydrogen-bond donors (Lipinski definition) is 1. The maximum absolute atomic E-state index is 6.05. The number of likely N-dealkylation sites (tertiary alicyclic amines) is 1. The Morgan fingerprint density at radius 3 is 2.63 bits per heavy atom. The molecule has 4 heteroatoms. The monoisotopic (exact) mass is 302 g/mol. The maximum Gasteiger partial charge on any atom is 0.0408 e. The van der Waals surface area contributed by atoms with Crippen molar-refractivity contribution in [1.29, 1.82) is 0 Å². The highest BCUT2D eigenvalue weighted by Crippen LogP contribution is 2.21. The van der Waals surface area contributed by atoms with Crippen molar-refractivity contribution >= 4 is 24.0 Å². The van der Waals surface area contributed by atoms with E-state index in [9.17, 15) is 0 Å². The first-order chi connectivity index (χ1) is 8.69. The molecule has 0 radical (unpaired) electrons. The third-order valence-electron chi connectivity index (χ3n) is 3.95. The van der Waals surface area contributed by atoms with Crippen molar-refractivity contribution in [3.63, 3.8) is 0 Å². The fourth-order valence-electron chi connectivity index (χ4n) is 2.71. The first kappa shape index (κ1) is 16.8.